The van der Waals surface area contributed by atoms with E-state index in [2.05, 4.69) is 20.1 Å². The summed E-state index contributed by atoms with van der Waals surface area (Å²) in [5, 5.41) is 11.7. The summed E-state index contributed by atoms with van der Waals surface area (Å²) >= 11 is 0. The highest BCUT2D eigenvalue weighted by molar-refractivity contribution is 5.95. The van der Waals surface area contributed by atoms with Crippen molar-refractivity contribution in [3.05, 3.63) is 66.0 Å². The van der Waals surface area contributed by atoms with Crippen LogP contribution in [0, 0.1) is 0 Å². The number of aromatic nitrogens is 3. The van der Waals surface area contributed by atoms with Crippen molar-refractivity contribution in [3.8, 4) is 11.4 Å². The zero-order valence-electron chi connectivity index (χ0n) is 16.3. The van der Waals surface area contributed by atoms with E-state index in [1.54, 1.807) is 0 Å². The number of nitrogens with zero attached hydrogens (tertiary/aromatic N) is 3. The van der Waals surface area contributed by atoms with E-state index < -0.39 is 6.04 Å². The molecule has 0 unspecified atom stereocenters. The van der Waals surface area contributed by atoms with Crippen molar-refractivity contribution in [3.63, 3.8) is 0 Å². The molecule has 3 aromatic rings. The van der Waals surface area contributed by atoms with Crippen molar-refractivity contribution in [1.82, 2.24) is 14.8 Å². The van der Waals surface area contributed by atoms with Crippen LogP contribution in [0.15, 0.2) is 54.6 Å². The number of amides is 1. The summed E-state index contributed by atoms with van der Waals surface area (Å²) in [4.78, 5) is 12.5. The topological polar surface area (TPSA) is 85.8 Å². The maximum Gasteiger partial charge on any atom is 0.241 e. The monoisotopic (exact) mass is 411 g/mol. The first-order valence-corrected chi connectivity index (χ1v) is 9.83. The molecule has 2 heterocycles. The van der Waals surface area contributed by atoms with Crippen LogP contribution in [0.25, 0.3) is 11.4 Å². The van der Waals surface area contributed by atoms with Crippen molar-refractivity contribution in [2.45, 2.75) is 44.7 Å². The Balaban J connectivity index is 0.00000240. The van der Waals surface area contributed by atoms with Gasteiger partial charge in [0.05, 0.1) is 6.04 Å². The normalized spacial score (nSPS) is 14.2. The van der Waals surface area contributed by atoms with Crippen LogP contribution in [0.5, 0.6) is 0 Å². The minimum absolute atomic E-state index is 0. The van der Waals surface area contributed by atoms with Crippen LogP contribution in [0.1, 0.15) is 30.7 Å². The van der Waals surface area contributed by atoms with Gasteiger partial charge in [-0.15, -0.1) is 22.6 Å². The van der Waals surface area contributed by atoms with E-state index in [4.69, 9.17) is 5.73 Å². The fourth-order valence-corrected chi connectivity index (χ4v) is 3.63. The summed E-state index contributed by atoms with van der Waals surface area (Å²) in [6, 6.07) is 16.9. The highest BCUT2D eigenvalue weighted by Crippen LogP contribution is 2.25. The molecule has 1 aromatic heterocycles. The van der Waals surface area contributed by atoms with Gasteiger partial charge in [0.15, 0.2) is 5.82 Å². The Labute approximate surface area is 176 Å². The first kappa shape index (κ1) is 21.0. The van der Waals surface area contributed by atoms with Gasteiger partial charge in [0.25, 0.3) is 0 Å². The van der Waals surface area contributed by atoms with Gasteiger partial charge in [0, 0.05) is 24.2 Å². The molecule has 0 radical (unpaired) electrons. The second-order valence-corrected chi connectivity index (χ2v) is 7.27. The maximum absolute atomic E-state index is 12.5. The predicted octanol–water partition coefficient (Wildman–Crippen LogP) is 3.60. The summed E-state index contributed by atoms with van der Waals surface area (Å²) in [6.45, 7) is 0.941. The highest BCUT2D eigenvalue weighted by atomic mass is 35.5. The summed E-state index contributed by atoms with van der Waals surface area (Å²) in [5.74, 6) is 1.72. The van der Waals surface area contributed by atoms with Gasteiger partial charge in [-0.25, -0.2) is 0 Å². The quantitative estimate of drug-likeness (QED) is 0.671. The van der Waals surface area contributed by atoms with Crippen LogP contribution in [0.2, 0.25) is 0 Å². The Morgan fingerprint density at radius 1 is 1.07 bits per heavy atom. The van der Waals surface area contributed by atoms with Gasteiger partial charge in [-0.3, -0.25) is 4.79 Å². The Kier molecular flexibility index (Phi) is 7.01. The molecule has 1 aliphatic heterocycles. The number of hydrogen-bond donors (Lipinski definition) is 2. The third-order valence-corrected chi connectivity index (χ3v) is 5.13. The average Bonchev–Trinajstić information content (AvgIpc) is 2.97. The molecule has 0 saturated carbocycles. The number of rotatable bonds is 5. The molecular weight excluding hydrogens is 386 g/mol. The van der Waals surface area contributed by atoms with E-state index in [0.717, 1.165) is 54.3 Å². The zero-order chi connectivity index (χ0) is 19.3. The zero-order valence-corrected chi connectivity index (χ0v) is 17.1. The van der Waals surface area contributed by atoms with Gasteiger partial charge in [-0.2, -0.15) is 0 Å². The lowest BCUT2D eigenvalue weighted by atomic mass is 10.1. The standard InChI is InChI=1S/C22H25N5O.ClH/c23-19(14-16-8-3-1-4-9-16)22(28)24-18-11-7-10-17(15-18)21-26-25-20-12-5-2-6-13-27(20)21;/h1,3-4,7-11,15,19H,2,5-6,12-14,23H2,(H,24,28);1H/t19-;/m0./s1. The first-order valence-electron chi connectivity index (χ1n) is 9.83. The lowest BCUT2D eigenvalue weighted by Gasteiger charge is -2.13. The fourth-order valence-electron chi connectivity index (χ4n) is 3.63. The number of carbonyl (C=O) groups excluding carboxylic acids is 1. The van der Waals surface area contributed by atoms with Crippen molar-refractivity contribution in [2.24, 2.45) is 5.73 Å². The maximum atomic E-state index is 12.5. The number of fused-ring (bicyclic) bond motifs is 1. The smallest absolute Gasteiger partial charge is 0.241 e. The van der Waals surface area contributed by atoms with Crippen LogP contribution < -0.4 is 11.1 Å². The molecule has 6 nitrogen and oxygen atoms in total. The molecule has 3 N–H and O–H groups in total. The molecule has 0 bridgehead atoms. The van der Waals surface area contributed by atoms with E-state index in [9.17, 15) is 4.79 Å². The summed E-state index contributed by atoms with van der Waals surface area (Å²) in [6.07, 6.45) is 5.00. The molecule has 7 heteroatoms. The van der Waals surface area contributed by atoms with E-state index in [0.29, 0.717) is 6.42 Å². The molecule has 0 fully saturated rings. The van der Waals surface area contributed by atoms with E-state index in [-0.39, 0.29) is 18.3 Å². The number of benzene rings is 2. The molecule has 2 aromatic carbocycles. The van der Waals surface area contributed by atoms with Crippen LogP contribution >= 0.6 is 12.4 Å². The number of nitrogens with two attached hydrogens (primary N) is 1. The first-order chi connectivity index (χ1) is 13.7. The number of anilines is 1. The van der Waals surface area contributed by atoms with Gasteiger partial charge in [-0.1, -0.05) is 48.9 Å². The Bertz CT molecular complexity index is 957. The van der Waals surface area contributed by atoms with Crippen molar-refractivity contribution < 1.29 is 4.79 Å². The Hall–Kier alpha value is -2.70. The van der Waals surface area contributed by atoms with E-state index >= 15 is 0 Å². The minimum atomic E-state index is -0.601. The molecule has 0 aliphatic carbocycles. The second kappa shape index (κ2) is 9.67. The Morgan fingerprint density at radius 2 is 1.90 bits per heavy atom. The van der Waals surface area contributed by atoms with Crippen LogP contribution in [0.4, 0.5) is 5.69 Å². The Morgan fingerprint density at radius 3 is 2.72 bits per heavy atom. The van der Waals surface area contributed by atoms with Crippen LogP contribution in [0.3, 0.4) is 0 Å². The molecule has 152 valence electrons. The van der Waals surface area contributed by atoms with Crippen molar-refractivity contribution in [1.29, 1.82) is 0 Å². The lowest BCUT2D eigenvalue weighted by molar-refractivity contribution is -0.117. The van der Waals surface area contributed by atoms with E-state index in [1.165, 1.54) is 6.42 Å². The third-order valence-electron chi connectivity index (χ3n) is 5.13. The van der Waals surface area contributed by atoms with Gasteiger partial charge in [-0.05, 0) is 37.0 Å². The molecule has 0 saturated heterocycles. The van der Waals surface area contributed by atoms with Crippen molar-refractivity contribution >= 4 is 24.0 Å². The number of nitrogens with one attached hydrogen (secondary N) is 1. The van der Waals surface area contributed by atoms with Crippen LogP contribution in [-0.2, 0) is 24.2 Å². The average molecular weight is 412 g/mol. The van der Waals surface area contributed by atoms with Gasteiger partial charge in [0.2, 0.25) is 5.91 Å². The number of halogens is 1. The van der Waals surface area contributed by atoms with Gasteiger partial charge < -0.3 is 15.6 Å². The predicted molar refractivity (Wildman–Crippen MR) is 117 cm³/mol. The van der Waals surface area contributed by atoms with E-state index in [1.807, 2.05) is 54.6 Å². The number of aryl methyl sites for hydroxylation is 1. The molecule has 1 atom stereocenters. The van der Waals surface area contributed by atoms with Crippen molar-refractivity contribution in [2.75, 3.05) is 5.32 Å². The highest BCUT2D eigenvalue weighted by Gasteiger charge is 2.18. The molecule has 1 aliphatic rings. The summed E-state index contributed by atoms with van der Waals surface area (Å²) in [5.41, 5.74) is 8.82. The second-order valence-electron chi connectivity index (χ2n) is 7.27. The van der Waals surface area contributed by atoms with Gasteiger partial charge >= 0.3 is 0 Å². The largest absolute Gasteiger partial charge is 0.325 e. The molecule has 0 spiro atoms. The molecule has 4 rings (SSSR count). The SMILES string of the molecule is Cl.N[C@@H](Cc1ccccc1)C(=O)Nc1cccc(-c2nnc3n2CCCCC3)c1. The number of carbonyl (C=O) groups is 1. The summed E-state index contributed by atoms with van der Waals surface area (Å²) < 4.78 is 2.20. The fraction of sp³-hybridized carbons (Fsp3) is 0.318. The molecule has 29 heavy (non-hydrogen) atoms. The number of hydrogen-bond acceptors (Lipinski definition) is 4. The molecule has 1 amide bonds. The molecular formula is C22H26ClN5O. The van der Waals surface area contributed by atoms with Crippen LogP contribution in [-0.4, -0.2) is 26.7 Å². The lowest BCUT2D eigenvalue weighted by Crippen LogP contribution is -2.37. The minimum Gasteiger partial charge on any atom is -0.325 e. The third kappa shape index (κ3) is 5.02. The summed E-state index contributed by atoms with van der Waals surface area (Å²) in [7, 11) is 0. The van der Waals surface area contributed by atoms with Gasteiger partial charge in [0.1, 0.15) is 5.82 Å².